The third-order valence-corrected chi connectivity index (χ3v) is 5.13. The number of halogens is 1. The van der Waals surface area contributed by atoms with Crippen molar-refractivity contribution in [2.45, 2.75) is 0 Å². The number of benzene rings is 2. The van der Waals surface area contributed by atoms with Gasteiger partial charge in [-0.2, -0.15) is 0 Å². The highest BCUT2D eigenvalue weighted by molar-refractivity contribution is 7.16. The molecule has 0 radical (unpaired) electrons. The van der Waals surface area contributed by atoms with E-state index in [1.54, 1.807) is 30.3 Å². The second-order valence-corrected chi connectivity index (χ2v) is 7.11. The average molecular weight is 399 g/mol. The number of anilines is 1. The van der Waals surface area contributed by atoms with Crippen LogP contribution in [-0.2, 0) is 4.79 Å². The number of nitrogens with one attached hydrogen (secondary N) is 1. The van der Waals surface area contributed by atoms with Crippen molar-refractivity contribution in [1.82, 2.24) is 5.32 Å². The van der Waals surface area contributed by atoms with E-state index in [1.807, 2.05) is 24.3 Å². The van der Waals surface area contributed by atoms with Crippen molar-refractivity contribution in [3.63, 3.8) is 0 Å². The van der Waals surface area contributed by atoms with Crippen LogP contribution in [0.15, 0.2) is 66.4 Å². The predicted octanol–water partition coefficient (Wildman–Crippen LogP) is 4.51. The Balaban J connectivity index is 1.87. The van der Waals surface area contributed by atoms with E-state index in [-0.39, 0.29) is 16.9 Å². The van der Waals surface area contributed by atoms with Gasteiger partial charge in [0.15, 0.2) is 0 Å². The maximum Gasteiger partial charge on any atom is 0.352 e. The Kier molecular flexibility index (Phi) is 5.59. The highest BCUT2D eigenvalue weighted by Crippen LogP contribution is 2.33. The number of aliphatic carboxylic acids is 1. The Hall–Kier alpha value is -3.09. The molecule has 0 spiro atoms. The van der Waals surface area contributed by atoms with Gasteiger partial charge in [0.25, 0.3) is 5.91 Å². The van der Waals surface area contributed by atoms with Crippen LogP contribution < -0.4 is 11.1 Å². The molecule has 0 aliphatic carbocycles. The van der Waals surface area contributed by atoms with Crippen LogP contribution in [0.1, 0.15) is 15.2 Å². The molecule has 0 bridgehead atoms. The Labute approximate surface area is 164 Å². The van der Waals surface area contributed by atoms with E-state index in [0.29, 0.717) is 9.90 Å². The fourth-order valence-electron chi connectivity index (χ4n) is 2.42. The smallest absolute Gasteiger partial charge is 0.352 e. The van der Waals surface area contributed by atoms with E-state index in [9.17, 15) is 14.7 Å². The molecule has 1 aromatic heterocycles. The molecule has 7 heteroatoms. The molecule has 0 aliphatic rings. The molecule has 4 N–H and O–H groups in total. The molecule has 5 nitrogen and oxygen atoms in total. The number of hydrogen-bond donors (Lipinski definition) is 3. The van der Waals surface area contributed by atoms with E-state index in [2.05, 4.69) is 5.32 Å². The summed E-state index contributed by atoms with van der Waals surface area (Å²) in [4.78, 5) is 25.5. The van der Waals surface area contributed by atoms with Crippen LogP contribution in [0, 0.1) is 0 Å². The lowest BCUT2D eigenvalue weighted by Gasteiger charge is -2.07. The monoisotopic (exact) mass is 398 g/mol. The molecule has 2 aromatic carbocycles. The van der Waals surface area contributed by atoms with Gasteiger partial charge in [0, 0.05) is 26.0 Å². The first-order valence-electron chi connectivity index (χ1n) is 7.91. The topological polar surface area (TPSA) is 92.4 Å². The number of amides is 1. The van der Waals surface area contributed by atoms with Crippen molar-refractivity contribution in [2.24, 2.45) is 0 Å². The highest BCUT2D eigenvalue weighted by Gasteiger charge is 2.16. The first-order valence-corrected chi connectivity index (χ1v) is 9.10. The van der Waals surface area contributed by atoms with E-state index in [1.165, 1.54) is 23.5 Å². The summed E-state index contributed by atoms with van der Waals surface area (Å²) >= 11 is 7.58. The minimum absolute atomic E-state index is 0.215. The zero-order chi connectivity index (χ0) is 19.4. The molecule has 3 aromatic rings. The predicted molar refractivity (Wildman–Crippen MR) is 109 cm³/mol. The number of hydrogen-bond acceptors (Lipinski definition) is 4. The molecule has 0 fully saturated rings. The molecule has 0 saturated heterocycles. The van der Waals surface area contributed by atoms with Crippen molar-refractivity contribution >= 4 is 46.6 Å². The van der Waals surface area contributed by atoms with Gasteiger partial charge >= 0.3 is 5.97 Å². The van der Waals surface area contributed by atoms with Crippen LogP contribution in [0.3, 0.4) is 0 Å². The standard InChI is InChI=1S/C20H15ClN2O3S/c21-15-7-3-1-5-13(15)18-10-9-12(27-18)11-17(20(25)26)23-19(24)14-6-2-4-8-16(14)22/h1-11H,22H2,(H,23,24)(H,25,26). The molecule has 27 heavy (non-hydrogen) atoms. The highest BCUT2D eigenvalue weighted by atomic mass is 35.5. The van der Waals surface area contributed by atoms with Crippen LogP contribution >= 0.6 is 22.9 Å². The van der Waals surface area contributed by atoms with Gasteiger partial charge in [-0.15, -0.1) is 11.3 Å². The Bertz CT molecular complexity index is 1040. The van der Waals surface area contributed by atoms with Gasteiger partial charge in [-0.25, -0.2) is 4.79 Å². The van der Waals surface area contributed by atoms with Crippen LogP contribution in [0.5, 0.6) is 0 Å². The molecule has 0 aliphatic heterocycles. The Morgan fingerprint density at radius 1 is 1.04 bits per heavy atom. The lowest BCUT2D eigenvalue weighted by Crippen LogP contribution is -2.27. The summed E-state index contributed by atoms with van der Waals surface area (Å²) in [5.41, 5.74) is 6.88. The molecule has 0 saturated carbocycles. The normalized spacial score (nSPS) is 11.2. The summed E-state index contributed by atoms with van der Waals surface area (Å²) in [6.45, 7) is 0. The van der Waals surface area contributed by atoms with Crippen LogP contribution in [0.2, 0.25) is 5.02 Å². The zero-order valence-electron chi connectivity index (χ0n) is 14.0. The largest absolute Gasteiger partial charge is 0.477 e. The zero-order valence-corrected chi connectivity index (χ0v) is 15.6. The Morgan fingerprint density at radius 2 is 1.74 bits per heavy atom. The van der Waals surface area contributed by atoms with Gasteiger partial charge in [-0.3, -0.25) is 4.79 Å². The van der Waals surface area contributed by atoms with Gasteiger partial charge in [-0.05, 0) is 36.4 Å². The first kappa shape index (κ1) is 18.7. The Morgan fingerprint density at radius 3 is 2.44 bits per heavy atom. The average Bonchev–Trinajstić information content (AvgIpc) is 3.10. The van der Waals surface area contributed by atoms with Gasteiger partial charge in [0.1, 0.15) is 5.70 Å². The first-order chi connectivity index (χ1) is 13.0. The van der Waals surface area contributed by atoms with Crippen molar-refractivity contribution in [2.75, 3.05) is 5.73 Å². The third-order valence-electron chi connectivity index (χ3n) is 3.74. The van der Waals surface area contributed by atoms with Crippen molar-refractivity contribution < 1.29 is 14.7 Å². The minimum Gasteiger partial charge on any atom is -0.477 e. The lowest BCUT2D eigenvalue weighted by atomic mass is 10.1. The summed E-state index contributed by atoms with van der Waals surface area (Å²) < 4.78 is 0. The second kappa shape index (κ2) is 8.07. The molecular weight excluding hydrogens is 384 g/mol. The van der Waals surface area contributed by atoms with Gasteiger partial charge in [-0.1, -0.05) is 41.9 Å². The van der Waals surface area contributed by atoms with Gasteiger partial charge < -0.3 is 16.2 Å². The third kappa shape index (κ3) is 4.36. The van der Waals surface area contributed by atoms with E-state index in [0.717, 1.165) is 10.4 Å². The molecule has 3 rings (SSSR count). The number of para-hydroxylation sites is 1. The second-order valence-electron chi connectivity index (χ2n) is 5.59. The minimum atomic E-state index is -1.24. The van der Waals surface area contributed by atoms with E-state index < -0.39 is 11.9 Å². The van der Waals surface area contributed by atoms with Gasteiger partial charge in [0.2, 0.25) is 0 Å². The summed E-state index contributed by atoms with van der Waals surface area (Å²) in [7, 11) is 0. The van der Waals surface area contributed by atoms with Crippen molar-refractivity contribution in [3.05, 3.63) is 81.8 Å². The number of rotatable bonds is 5. The number of carboxylic acid groups (broad SMARTS) is 1. The number of nitrogens with two attached hydrogens (primary N) is 1. The number of carbonyl (C=O) groups is 2. The molecule has 0 unspecified atom stereocenters. The van der Waals surface area contributed by atoms with Crippen LogP contribution in [-0.4, -0.2) is 17.0 Å². The fraction of sp³-hybridized carbons (Fsp3) is 0. The number of thiophene rings is 1. The molecule has 0 atom stereocenters. The van der Waals surface area contributed by atoms with E-state index in [4.69, 9.17) is 17.3 Å². The van der Waals surface area contributed by atoms with E-state index >= 15 is 0 Å². The van der Waals surface area contributed by atoms with Gasteiger partial charge in [0.05, 0.1) is 5.56 Å². The summed E-state index contributed by atoms with van der Waals surface area (Å²) in [5.74, 6) is -1.82. The molecule has 1 heterocycles. The quantitative estimate of drug-likeness (QED) is 0.435. The summed E-state index contributed by atoms with van der Waals surface area (Å²) in [6, 6.07) is 17.5. The number of carboxylic acids is 1. The SMILES string of the molecule is Nc1ccccc1C(=O)NC(=Cc1ccc(-c2ccccc2Cl)s1)C(=O)O. The maximum atomic E-state index is 12.3. The lowest BCUT2D eigenvalue weighted by molar-refractivity contribution is -0.132. The number of nitrogen functional groups attached to an aromatic ring is 1. The van der Waals surface area contributed by atoms with Crippen LogP contribution in [0.25, 0.3) is 16.5 Å². The number of carbonyl (C=O) groups excluding carboxylic acids is 1. The van der Waals surface area contributed by atoms with Crippen molar-refractivity contribution in [3.8, 4) is 10.4 Å². The molecular formula is C20H15ClN2O3S. The summed E-state index contributed by atoms with van der Waals surface area (Å²) in [5, 5.41) is 12.5. The molecule has 136 valence electrons. The maximum absolute atomic E-state index is 12.3. The fourth-order valence-corrected chi connectivity index (χ4v) is 3.71. The summed E-state index contributed by atoms with van der Waals surface area (Å²) in [6.07, 6.45) is 1.41. The van der Waals surface area contributed by atoms with Crippen LogP contribution in [0.4, 0.5) is 5.69 Å². The van der Waals surface area contributed by atoms with Crippen molar-refractivity contribution in [1.29, 1.82) is 0 Å². The molecule has 1 amide bonds.